The van der Waals surface area contributed by atoms with Crippen molar-refractivity contribution in [1.82, 2.24) is 25.1 Å². The largest absolute Gasteiger partial charge is 0.344 e. The first-order valence-electron chi connectivity index (χ1n) is 11.4. The summed E-state index contributed by atoms with van der Waals surface area (Å²) in [7, 11) is 4.00. The summed E-state index contributed by atoms with van der Waals surface area (Å²) in [6.07, 6.45) is 2.81. The Morgan fingerprint density at radius 3 is 2.59 bits per heavy atom. The molecule has 168 valence electrons. The van der Waals surface area contributed by atoms with E-state index in [0.29, 0.717) is 6.54 Å². The molecule has 1 N–H and O–H groups in total. The number of benzene rings is 2. The summed E-state index contributed by atoms with van der Waals surface area (Å²) in [5.74, 6) is 1.02. The molecule has 1 saturated heterocycles. The number of hydrogen-bond donors (Lipinski definition) is 1. The van der Waals surface area contributed by atoms with E-state index in [1.54, 1.807) is 0 Å². The molecule has 1 fully saturated rings. The molecular formula is C26H33N5O. The van der Waals surface area contributed by atoms with Crippen molar-refractivity contribution < 1.29 is 4.79 Å². The van der Waals surface area contributed by atoms with E-state index in [2.05, 4.69) is 59.7 Å². The Labute approximate surface area is 190 Å². The van der Waals surface area contributed by atoms with Gasteiger partial charge >= 0.3 is 0 Å². The van der Waals surface area contributed by atoms with Crippen LogP contribution in [0.15, 0.2) is 54.7 Å². The maximum atomic E-state index is 12.3. The van der Waals surface area contributed by atoms with E-state index in [4.69, 9.17) is 9.97 Å². The predicted octanol–water partition coefficient (Wildman–Crippen LogP) is 3.53. The molecule has 0 unspecified atom stereocenters. The van der Waals surface area contributed by atoms with Gasteiger partial charge in [-0.1, -0.05) is 50.2 Å². The minimum absolute atomic E-state index is 0.00869. The van der Waals surface area contributed by atoms with Gasteiger partial charge in [0.05, 0.1) is 11.2 Å². The summed E-state index contributed by atoms with van der Waals surface area (Å²) < 4.78 is 0. The Kier molecular flexibility index (Phi) is 6.53. The number of hydrogen-bond acceptors (Lipinski definition) is 5. The number of carbonyl (C=O) groups is 1. The van der Waals surface area contributed by atoms with E-state index in [1.165, 1.54) is 10.8 Å². The standard InChI is InChI=1S/C26H33N5O/c1-19(2)24(32)30(3)15-16-31(4)26(12-14-27-18-26)25-28-13-11-23(29-25)22-10-9-20-7-5-6-8-21(20)17-22/h5-11,13,17,19,27H,12,14-16,18H2,1-4H3/t26-/m1/s1. The number of aromatic nitrogens is 2. The highest BCUT2D eigenvalue weighted by molar-refractivity contribution is 5.86. The number of nitrogens with one attached hydrogen (secondary N) is 1. The van der Waals surface area contributed by atoms with Crippen molar-refractivity contribution in [3.05, 3.63) is 60.6 Å². The topological polar surface area (TPSA) is 61.4 Å². The Hall–Kier alpha value is -2.83. The number of likely N-dealkylation sites (N-methyl/N-ethyl adjacent to an activating group) is 2. The van der Waals surface area contributed by atoms with Gasteiger partial charge in [0.2, 0.25) is 5.91 Å². The van der Waals surface area contributed by atoms with Crippen molar-refractivity contribution in [1.29, 1.82) is 0 Å². The summed E-state index contributed by atoms with van der Waals surface area (Å²) in [5, 5.41) is 5.93. The minimum Gasteiger partial charge on any atom is -0.344 e. The molecule has 0 radical (unpaired) electrons. The zero-order chi connectivity index (χ0) is 22.7. The number of fused-ring (bicyclic) bond motifs is 1. The van der Waals surface area contributed by atoms with Gasteiger partial charge in [-0.25, -0.2) is 9.97 Å². The highest BCUT2D eigenvalue weighted by Gasteiger charge is 2.42. The van der Waals surface area contributed by atoms with Gasteiger partial charge in [-0.15, -0.1) is 0 Å². The molecule has 3 aromatic rings. The molecule has 6 nitrogen and oxygen atoms in total. The Bertz CT molecular complexity index is 1090. The van der Waals surface area contributed by atoms with E-state index in [0.717, 1.165) is 43.1 Å². The second-order valence-electron chi connectivity index (χ2n) is 9.12. The molecule has 1 aliphatic rings. The smallest absolute Gasteiger partial charge is 0.224 e. The maximum absolute atomic E-state index is 12.3. The second kappa shape index (κ2) is 9.35. The van der Waals surface area contributed by atoms with Crippen molar-refractivity contribution in [3.63, 3.8) is 0 Å². The molecule has 1 atom stereocenters. The lowest BCUT2D eigenvalue weighted by Crippen LogP contribution is -2.49. The monoisotopic (exact) mass is 431 g/mol. The van der Waals surface area contributed by atoms with Gasteiger partial charge in [0.25, 0.3) is 0 Å². The van der Waals surface area contributed by atoms with Crippen LogP contribution in [-0.2, 0) is 10.3 Å². The van der Waals surface area contributed by atoms with Crippen molar-refractivity contribution in [2.75, 3.05) is 40.3 Å². The third-order valence-electron chi connectivity index (χ3n) is 6.62. The van der Waals surface area contributed by atoms with Gasteiger partial charge in [-0.3, -0.25) is 9.69 Å². The normalized spacial score (nSPS) is 18.6. The fourth-order valence-corrected chi connectivity index (χ4v) is 4.52. The van der Waals surface area contributed by atoms with Crippen LogP contribution in [0.25, 0.3) is 22.0 Å². The molecule has 4 rings (SSSR count). The van der Waals surface area contributed by atoms with Crippen LogP contribution in [-0.4, -0.2) is 65.9 Å². The van der Waals surface area contributed by atoms with E-state index in [-0.39, 0.29) is 17.4 Å². The maximum Gasteiger partial charge on any atom is 0.224 e. The van der Waals surface area contributed by atoms with Gasteiger partial charge in [0.15, 0.2) is 5.82 Å². The van der Waals surface area contributed by atoms with Crippen molar-refractivity contribution in [2.24, 2.45) is 5.92 Å². The molecular weight excluding hydrogens is 398 g/mol. The fourth-order valence-electron chi connectivity index (χ4n) is 4.52. The van der Waals surface area contributed by atoms with Crippen LogP contribution < -0.4 is 5.32 Å². The van der Waals surface area contributed by atoms with Crippen LogP contribution in [0.3, 0.4) is 0 Å². The minimum atomic E-state index is -0.283. The van der Waals surface area contributed by atoms with E-state index in [1.807, 2.05) is 38.1 Å². The average Bonchev–Trinajstić information content (AvgIpc) is 3.33. The van der Waals surface area contributed by atoms with Gasteiger partial charge in [-0.2, -0.15) is 0 Å². The lowest BCUT2D eigenvalue weighted by Gasteiger charge is -2.38. The zero-order valence-electron chi connectivity index (χ0n) is 19.5. The summed E-state index contributed by atoms with van der Waals surface area (Å²) in [6, 6.07) is 16.8. The molecule has 1 aromatic heterocycles. The van der Waals surface area contributed by atoms with Crippen LogP contribution in [0.2, 0.25) is 0 Å². The third kappa shape index (κ3) is 4.38. The first kappa shape index (κ1) is 22.4. The van der Waals surface area contributed by atoms with Gasteiger partial charge in [-0.05, 0) is 42.9 Å². The van der Waals surface area contributed by atoms with Crippen LogP contribution >= 0.6 is 0 Å². The Morgan fingerprint density at radius 2 is 1.88 bits per heavy atom. The Morgan fingerprint density at radius 1 is 1.09 bits per heavy atom. The molecule has 1 amide bonds. The molecule has 0 saturated carbocycles. The summed E-state index contributed by atoms with van der Waals surface area (Å²) in [5.41, 5.74) is 1.75. The molecule has 0 aliphatic carbocycles. The summed E-state index contributed by atoms with van der Waals surface area (Å²) in [6.45, 7) is 7.05. The van der Waals surface area contributed by atoms with E-state index >= 15 is 0 Å². The van der Waals surface area contributed by atoms with Gasteiger partial charge in [0.1, 0.15) is 0 Å². The highest BCUT2D eigenvalue weighted by Crippen LogP contribution is 2.33. The van der Waals surface area contributed by atoms with Crippen LogP contribution in [0.4, 0.5) is 0 Å². The fraction of sp³-hybridized carbons (Fsp3) is 0.423. The molecule has 2 aromatic carbocycles. The van der Waals surface area contributed by atoms with Crippen molar-refractivity contribution in [3.8, 4) is 11.3 Å². The number of carbonyl (C=O) groups excluding carboxylic acids is 1. The summed E-state index contributed by atoms with van der Waals surface area (Å²) >= 11 is 0. The highest BCUT2D eigenvalue weighted by atomic mass is 16.2. The number of nitrogens with zero attached hydrogens (tertiary/aromatic N) is 4. The van der Waals surface area contributed by atoms with E-state index < -0.39 is 0 Å². The SMILES string of the molecule is CC(C)C(=O)N(C)CCN(C)[C@]1(c2nccc(-c3ccc4ccccc4c3)n2)CCNC1. The van der Waals surface area contributed by atoms with Crippen molar-refractivity contribution >= 4 is 16.7 Å². The van der Waals surface area contributed by atoms with Crippen LogP contribution in [0.1, 0.15) is 26.1 Å². The lowest BCUT2D eigenvalue weighted by molar-refractivity contribution is -0.133. The molecule has 6 heteroatoms. The molecule has 1 aliphatic heterocycles. The first-order chi connectivity index (χ1) is 15.4. The first-order valence-corrected chi connectivity index (χ1v) is 11.4. The van der Waals surface area contributed by atoms with Crippen LogP contribution in [0.5, 0.6) is 0 Å². The molecule has 32 heavy (non-hydrogen) atoms. The zero-order valence-corrected chi connectivity index (χ0v) is 19.5. The van der Waals surface area contributed by atoms with Gasteiger partial charge in [0, 0.05) is 44.4 Å². The van der Waals surface area contributed by atoms with Crippen LogP contribution in [0, 0.1) is 5.92 Å². The van der Waals surface area contributed by atoms with E-state index in [9.17, 15) is 4.79 Å². The molecule has 2 heterocycles. The lowest BCUT2D eigenvalue weighted by atomic mass is 9.94. The summed E-state index contributed by atoms with van der Waals surface area (Å²) in [4.78, 5) is 26.2. The average molecular weight is 432 g/mol. The number of amides is 1. The Balaban J connectivity index is 1.60. The number of rotatable bonds is 7. The van der Waals surface area contributed by atoms with Gasteiger partial charge < -0.3 is 10.2 Å². The quantitative estimate of drug-likeness (QED) is 0.620. The predicted molar refractivity (Wildman–Crippen MR) is 129 cm³/mol. The third-order valence-corrected chi connectivity index (χ3v) is 6.62. The molecule has 0 spiro atoms. The van der Waals surface area contributed by atoms with Crippen molar-refractivity contribution in [2.45, 2.75) is 25.8 Å². The second-order valence-corrected chi connectivity index (χ2v) is 9.12. The molecule has 0 bridgehead atoms.